The van der Waals surface area contributed by atoms with E-state index < -0.39 is 11.3 Å². The number of nitrogens with zero attached hydrogens (tertiary/aromatic N) is 3. The molecule has 0 aliphatic heterocycles. The molecule has 2 heterocycles. The molecule has 5 N–H and O–H groups in total. The van der Waals surface area contributed by atoms with Gasteiger partial charge >= 0.3 is 0 Å². The van der Waals surface area contributed by atoms with Gasteiger partial charge in [-0.2, -0.15) is 0 Å². The number of benzene rings is 1. The third-order valence-corrected chi connectivity index (χ3v) is 4.19. The molecule has 2 aromatic heterocycles. The number of rotatable bonds is 4. The van der Waals surface area contributed by atoms with Gasteiger partial charge < -0.3 is 10.8 Å². The summed E-state index contributed by atoms with van der Waals surface area (Å²) >= 11 is 0. The lowest BCUT2D eigenvalue weighted by atomic mass is 10.1. The Kier molecular flexibility index (Phi) is 5.30. The molecule has 0 saturated carbocycles. The van der Waals surface area contributed by atoms with Crippen LogP contribution in [0.1, 0.15) is 11.1 Å². The van der Waals surface area contributed by atoms with Crippen molar-refractivity contribution < 1.29 is 9.50 Å². The first-order valence-corrected chi connectivity index (χ1v) is 8.39. The van der Waals surface area contributed by atoms with Crippen LogP contribution >= 0.6 is 0 Å². The van der Waals surface area contributed by atoms with E-state index in [1.54, 1.807) is 31.3 Å². The van der Waals surface area contributed by atoms with Crippen molar-refractivity contribution in [2.45, 2.75) is 6.42 Å². The van der Waals surface area contributed by atoms with Gasteiger partial charge in [-0.15, -0.1) is 0 Å². The summed E-state index contributed by atoms with van der Waals surface area (Å²) in [6, 6.07) is 8.17. The van der Waals surface area contributed by atoms with Crippen LogP contribution in [0.25, 0.3) is 16.5 Å². The van der Waals surface area contributed by atoms with Crippen LogP contribution in [-0.4, -0.2) is 33.8 Å². The second kappa shape index (κ2) is 7.83. The number of fused-ring (bicyclic) bond motifs is 1. The third kappa shape index (κ3) is 3.80. The lowest BCUT2D eigenvalue weighted by Crippen LogP contribution is -2.30. The van der Waals surface area contributed by atoms with Crippen LogP contribution in [-0.2, 0) is 6.42 Å². The highest BCUT2D eigenvalue weighted by Gasteiger charge is 2.11. The zero-order valence-electron chi connectivity index (χ0n) is 15.1. The Morgan fingerprint density at radius 3 is 2.86 bits per heavy atom. The second-order valence-corrected chi connectivity index (χ2v) is 6.15. The van der Waals surface area contributed by atoms with E-state index in [9.17, 15) is 9.50 Å². The SMILES string of the molecule is CN=CC(=CN)c1cc(F)c(=N)n(C(=N)Cc2ccc3ncc(O)cc3c2)c1. The van der Waals surface area contributed by atoms with Gasteiger partial charge in [0.2, 0.25) is 0 Å². The Bertz CT molecular complexity index is 1180. The Balaban J connectivity index is 1.98. The minimum Gasteiger partial charge on any atom is -0.506 e. The summed E-state index contributed by atoms with van der Waals surface area (Å²) in [7, 11) is 1.57. The van der Waals surface area contributed by atoms with Gasteiger partial charge in [0.15, 0.2) is 11.3 Å². The largest absolute Gasteiger partial charge is 0.506 e. The van der Waals surface area contributed by atoms with Crippen LogP contribution in [0.3, 0.4) is 0 Å². The number of nitrogens with one attached hydrogen (secondary N) is 2. The minimum absolute atomic E-state index is 0.0167. The minimum atomic E-state index is -0.765. The molecule has 0 spiro atoms. The fraction of sp³-hybridized carbons (Fsp3) is 0.100. The smallest absolute Gasteiger partial charge is 0.167 e. The number of aromatic nitrogens is 2. The van der Waals surface area contributed by atoms with Crippen LogP contribution in [0, 0.1) is 16.6 Å². The van der Waals surface area contributed by atoms with E-state index in [1.165, 1.54) is 35.4 Å². The highest BCUT2D eigenvalue weighted by Crippen LogP contribution is 2.19. The molecule has 0 saturated heterocycles. The number of hydrogen-bond donors (Lipinski definition) is 4. The molecule has 7 nitrogen and oxygen atoms in total. The van der Waals surface area contributed by atoms with Crippen LogP contribution in [0.5, 0.6) is 5.75 Å². The molecule has 1 aromatic carbocycles. The molecule has 3 rings (SSSR count). The summed E-state index contributed by atoms with van der Waals surface area (Å²) in [5.74, 6) is -0.697. The highest BCUT2D eigenvalue weighted by atomic mass is 19.1. The molecule has 8 heteroatoms. The van der Waals surface area contributed by atoms with E-state index in [1.807, 2.05) is 0 Å². The van der Waals surface area contributed by atoms with Crippen molar-refractivity contribution in [1.29, 1.82) is 10.8 Å². The molecule has 0 bridgehead atoms. The van der Waals surface area contributed by atoms with Crippen LogP contribution in [0.15, 0.2) is 53.9 Å². The number of halogens is 1. The molecule has 0 aliphatic rings. The van der Waals surface area contributed by atoms with Crippen molar-refractivity contribution in [3.8, 4) is 5.75 Å². The van der Waals surface area contributed by atoms with E-state index in [-0.39, 0.29) is 18.0 Å². The molecular weight excluding hydrogens is 359 g/mol. The zero-order valence-corrected chi connectivity index (χ0v) is 15.1. The van der Waals surface area contributed by atoms with Crippen LogP contribution < -0.4 is 11.2 Å². The first-order chi connectivity index (χ1) is 13.4. The van der Waals surface area contributed by atoms with Crippen molar-refractivity contribution in [3.63, 3.8) is 0 Å². The number of allylic oxidation sites excluding steroid dienone is 1. The predicted molar refractivity (Wildman–Crippen MR) is 107 cm³/mol. The molecule has 28 heavy (non-hydrogen) atoms. The maximum absolute atomic E-state index is 14.3. The van der Waals surface area contributed by atoms with Gasteiger partial charge in [-0.25, -0.2) is 4.39 Å². The number of aliphatic imine (C=N–C) groups is 1. The van der Waals surface area contributed by atoms with Gasteiger partial charge in [-0.05, 0) is 29.8 Å². The lowest BCUT2D eigenvalue weighted by molar-refractivity contribution is 0.474. The Morgan fingerprint density at radius 2 is 2.14 bits per heavy atom. The van der Waals surface area contributed by atoms with Gasteiger partial charge in [0.1, 0.15) is 11.6 Å². The van der Waals surface area contributed by atoms with Gasteiger partial charge in [-0.3, -0.25) is 25.4 Å². The molecular formula is C20H19FN6O. The van der Waals surface area contributed by atoms with E-state index in [0.717, 1.165) is 10.9 Å². The Labute approximate surface area is 160 Å². The lowest BCUT2D eigenvalue weighted by Gasteiger charge is -2.12. The van der Waals surface area contributed by atoms with Crippen molar-refractivity contribution in [3.05, 3.63) is 71.4 Å². The molecule has 0 radical (unpaired) electrons. The molecule has 3 aromatic rings. The highest BCUT2D eigenvalue weighted by molar-refractivity contribution is 6.09. The standard InChI is InChI=1S/C20H19FN6O/c1-25-9-15(8-22)14-7-17(21)20(24)27(11-14)19(23)5-12-2-3-18-13(4-12)6-16(28)10-26-18/h2-4,6-11,23-24,28H,5,22H2,1H3. The fourth-order valence-corrected chi connectivity index (χ4v) is 2.84. The molecule has 0 fully saturated rings. The van der Waals surface area contributed by atoms with E-state index >= 15 is 0 Å². The molecule has 0 atom stereocenters. The fourth-order valence-electron chi connectivity index (χ4n) is 2.84. The summed E-state index contributed by atoms with van der Waals surface area (Å²) < 4.78 is 15.4. The average Bonchev–Trinajstić information content (AvgIpc) is 2.67. The molecule has 142 valence electrons. The molecule has 0 aliphatic carbocycles. The summed E-state index contributed by atoms with van der Waals surface area (Å²) in [6.07, 6.45) is 5.79. The van der Waals surface area contributed by atoms with Gasteiger partial charge in [0.25, 0.3) is 0 Å². The predicted octanol–water partition coefficient (Wildman–Crippen LogP) is 2.43. The maximum atomic E-state index is 14.3. The quantitative estimate of drug-likeness (QED) is 0.412. The second-order valence-electron chi connectivity index (χ2n) is 6.15. The number of hydrogen-bond acceptors (Lipinski definition) is 6. The normalized spacial score (nSPS) is 12.0. The third-order valence-electron chi connectivity index (χ3n) is 4.19. The van der Waals surface area contributed by atoms with Gasteiger partial charge in [0, 0.05) is 48.6 Å². The van der Waals surface area contributed by atoms with E-state index in [2.05, 4.69) is 9.98 Å². The molecule has 0 amide bonds. The number of pyridine rings is 2. The number of aromatic hydroxyl groups is 1. The average molecular weight is 378 g/mol. The monoisotopic (exact) mass is 378 g/mol. The topological polar surface area (TPSA) is 124 Å². The van der Waals surface area contributed by atoms with Crippen LogP contribution in [0.2, 0.25) is 0 Å². The van der Waals surface area contributed by atoms with Crippen molar-refractivity contribution in [2.24, 2.45) is 10.7 Å². The summed E-state index contributed by atoms with van der Waals surface area (Å²) in [5, 5.41) is 26.7. The molecule has 0 unspecified atom stereocenters. The first kappa shape index (κ1) is 19.0. The first-order valence-electron chi connectivity index (χ1n) is 8.39. The summed E-state index contributed by atoms with van der Waals surface area (Å²) in [6.45, 7) is 0. The van der Waals surface area contributed by atoms with Gasteiger partial charge in [0.05, 0.1) is 11.7 Å². The van der Waals surface area contributed by atoms with Crippen molar-refractivity contribution in [1.82, 2.24) is 9.55 Å². The Hall–Kier alpha value is -3.81. The zero-order chi connectivity index (χ0) is 20.3. The van der Waals surface area contributed by atoms with Crippen LogP contribution in [0.4, 0.5) is 4.39 Å². The Morgan fingerprint density at radius 1 is 1.36 bits per heavy atom. The van der Waals surface area contributed by atoms with Crippen molar-refractivity contribution >= 4 is 28.5 Å². The van der Waals surface area contributed by atoms with Gasteiger partial charge in [-0.1, -0.05) is 6.07 Å². The maximum Gasteiger partial charge on any atom is 0.167 e. The van der Waals surface area contributed by atoms with E-state index in [4.69, 9.17) is 16.6 Å². The summed E-state index contributed by atoms with van der Waals surface area (Å²) in [5.41, 5.74) is 7.55. The summed E-state index contributed by atoms with van der Waals surface area (Å²) in [4.78, 5) is 8.01. The van der Waals surface area contributed by atoms with Crippen molar-refractivity contribution in [2.75, 3.05) is 7.05 Å². The van der Waals surface area contributed by atoms with E-state index in [0.29, 0.717) is 16.7 Å². The number of nitrogens with two attached hydrogens (primary N) is 1.